The van der Waals surface area contributed by atoms with Crippen LogP contribution in [0.3, 0.4) is 0 Å². The zero-order valence-electron chi connectivity index (χ0n) is 18.5. The number of hydrogen-bond acceptors (Lipinski definition) is 5. The van der Waals surface area contributed by atoms with Gasteiger partial charge in [0.25, 0.3) is 0 Å². The van der Waals surface area contributed by atoms with Gasteiger partial charge in [-0.2, -0.15) is 4.79 Å². The Labute approximate surface area is 181 Å². The van der Waals surface area contributed by atoms with Crippen molar-refractivity contribution >= 4 is 29.0 Å². The molecule has 0 saturated carbocycles. The van der Waals surface area contributed by atoms with Crippen molar-refractivity contribution in [2.24, 2.45) is 0 Å². The molecule has 8 nitrogen and oxygen atoms in total. The van der Waals surface area contributed by atoms with Crippen LogP contribution in [-0.2, 0) is 4.79 Å². The number of pyridine rings is 1. The number of fused-ring (bicyclic) bond motifs is 1. The molecule has 1 fully saturated rings. The molecule has 1 amide bonds. The molecule has 31 heavy (non-hydrogen) atoms. The molecular weight excluding hydrogens is 400 g/mol. The zero-order chi connectivity index (χ0) is 23.2. The molecule has 0 bridgehead atoms. The summed E-state index contributed by atoms with van der Waals surface area (Å²) in [6.45, 7) is 10.5. The Morgan fingerprint density at radius 2 is 1.97 bits per heavy atom. The number of amides is 1. The molecule has 1 aliphatic rings. The first-order valence-electron chi connectivity index (χ1n) is 10.0. The van der Waals surface area contributed by atoms with Gasteiger partial charge in [-0.3, -0.25) is 0 Å². The highest BCUT2D eigenvalue weighted by Crippen LogP contribution is 2.46. The SMILES string of the molecule is C=Cc1cc2ccc(OC)cc2nc1OC1CC(C)(C(=O)O)[N+](C(=O)O)(C(C)(C)C)C1. The van der Waals surface area contributed by atoms with E-state index in [0.717, 1.165) is 5.39 Å². The summed E-state index contributed by atoms with van der Waals surface area (Å²) in [5.74, 6) is -0.241. The lowest BCUT2D eigenvalue weighted by atomic mass is 9.90. The third-order valence-electron chi connectivity index (χ3n) is 6.39. The van der Waals surface area contributed by atoms with E-state index in [4.69, 9.17) is 9.47 Å². The second-order valence-corrected chi connectivity index (χ2v) is 9.11. The zero-order valence-corrected chi connectivity index (χ0v) is 18.5. The summed E-state index contributed by atoms with van der Waals surface area (Å²) in [5, 5.41) is 21.1. The number of nitrogens with zero attached hydrogens (tertiary/aromatic N) is 2. The molecule has 1 saturated heterocycles. The molecule has 2 aromatic rings. The summed E-state index contributed by atoms with van der Waals surface area (Å²) in [6, 6.07) is 7.35. The molecule has 0 radical (unpaired) electrons. The van der Waals surface area contributed by atoms with Crippen molar-refractivity contribution in [2.45, 2.75) is 51.3 Å². The van der Waals surface area contributed by atoms with Crippen molar-refractivity contribution < 1.29 is 33.8 Å². The molecule has 8 heteroatoms. The highest BCUT2D eigenvalue weighted by molar-refractivity contribution is 5.84. The van der Waals surface area contributed by atoms with Gasteiger partial charge in [-0.25, -0.2) is 14.3 Å². The minimum absolute atomic E-state index is 0.00392. The predicted octanol–water partition coefficient (Wildman–Crippen LogP) is 4.17. The number of aromatic nitrogens is 1. The summed E-state index contributed by atoms with van der Waals surface area (Å²) in [6.07, 6.45) is -0.213. The van der Waals surface area contributed by atoms with E-state index in [9.17, 15) is 19.8 Å². The molecule has 166 valence electrons. The van der Waals surface area contributed by atoms with Crippen LogP contribution in [-0.4, -0.2) is 62.6 Å². The normalized spacial score (nSPS) is 25.9. The van der Waals surface area contributed by atoms with Crippen molar-refractivity contribution in [1.82, 2.24) is 4.98 Å². The van der Waals surface area contributed by atoms with E-state index in [1.165, 1.54) is 6.92 Å². The van der Waals surface area contributed by atoms with Crippen LogP contribution < -0.4 is 9.47 Å². The standard InChI is InChI=1S/C23H28N2O6/c1-7-14-10-15-8-9-16(30-6)11-18(15)24-19(14)31-17-12-23(5,20(26)27)25(13-17,21(28)29)22(2,3)4/h7-11,17H,1,12-13H2,2-6H3,(H-,26,27,28,29)/p+1. The van der Waals surface area contributed by atoms with Gasteiger partial charge in [0.2, 0.25) is 11.4 Å². The van der Waals surface area contributed by atoms with Crippen molar-refractivity contribution in [1.29, 1.82) is 0 Å². The highest BCUT2D eigenvalue weighted by atomic mass is 16.5. The third kappa shape index (κ3) is 3.40. The number of quaternary nitrogens is 1. The average Bonchev–Trinajstić information content (AvgIpc) is 3.01. The number of benzene rings is 1. The number of methoxy groups -OCH3 is 1. The number of rotatable bonds is 5. The first-order valence-corrected chi connectivity index (χ1v) is 10.0. The van der Waals surface area contributed by atoms with E-state index in [1.54, 1.807) is 40.0 Å². The van der Waals surface area contributed by atoms with E-state index >= 15 is 0 Å². The molecule has 1 aromatic carbocycles. The molecule has 2 N–H and O–H groups in total. The number of carboxylic acids is 1. The van der Waals surface area contributed by atoms with Crippen LogP contribution in [0.15, 0.2) is 30.8 Å². The van der Waals surface area contributed by atoms with Crippen LogP contribution in [0.4, 0.5) is 4.79 Å². The van der Waals surface area contributed by atoms with Gasteiger partial charge in [0, 0.05) is 23.9 Å². The maximum absolute atomic E-state index is 12.5. The Kier molecular flexibility index (Phi) is 5.48. The van der Waals surface area contributed by atoms with Crippen LogP contribution in [0.5, 0.6) is 11.6 Å². The first-order chi connectivity index (χ1) is 14.4. The largest absolute Gasteiger partial charge is 0.515 e. The van der Waals surface area contributed by atoms with Gasteiger partial charge in [-0.15, -0.1) is 0 Å². The number of ether oxygens (including phenoxy) is 2. The summed E-state index contributed by atoms with van der Waals surface area (Å²) >= 11 is 0. The quantitative estimate of drug-likeness (QED) is 0.687. The molecule has 3 atom stereocenters. The minimum atomic E-state index is -1.57. The fourth-order valence-corrected chi connectivity index (χ4v) is 4.76. The van der Waals surface area contributed by atoms with Gasteiger partial charge in [0.05, 0.1) is 19.0 Å². The van der Waals surface area contributed by atoms with Gasteiger partial charge in [-0.05, 0) is 39.0 Å². The number of carbonyl (C=O) groups is 2. The van der Waals surface area contributed by atoms with Crippen molar-refractivity contribution in [2.75, 3.05) is 13.7 Å². The Hall–Kier alpha value is -3.13. The molecule has 3 unspecified atom stereocenters. The van der Waals surface area contributed by atoms with Gasteiger partial charge < -0.3 is 19.7 Å². The Balaban J connectivity index is 2.07. The summed E-state index contributed by atoms with van der Waals surface area (Å²) in [7, 11) is 1.57. The van der Waals surface area contributed by atoms with Crippen molar-refractivity contribution in [3.8, 4) is 11.6 Å². The maximum Gasteiger partial charge on any atom is 0.515 e. The molecular formula is C23H29N2O6+. The van der Waals surface area contributed by atoms with Crippen LogP contribution in [0.2, 0.25) is 0 Å². The molecule has 0 spiro atoms. The summed E-state index contributed by atoms with van der Waals surface area (Å²) in [4.78, 5) is 29.3. The van der Waals surface area contributed by atoms with Crippen LogP contribution in [0.25, 0.3) is 17.0 Å². The maximum atomic E-state index is 12.5. The molecule has 0 aliphatic carbocycles. The monoisotopic (exact) mass is 429 g/mol. The highest BCUT2D eigenvalue weighted by Gasteiger charge is 2.70. The molecule has 1 aliphatic heterocycles. The molecule has 2 heterocycles. The Morgan fingerprint density at radius 3 is 2.45 bits per heavy atom. The van der Waals surface area contributed by atoms with Gasteiger partial charge in [0.1, 0.15) is 17.8 Å². The molecule has 3 rings (SSSR count). The predicted molar refractivity (Wildman–Crippen MR) is 116 cm³/mol. The number of carboxylic acid groups (broad SMARTS) is 2. The number of likely N-dealkylation sites (tertiary alicyclic amines) is 1. The van der Waals surface area contributed by atoms with Gasteiger partial charge >= 0.3 is 12.1 Å². The smallest absolute Gasteiger partial charge is 0.497 e. The van der Waals surface area contributed by atoms with E-state index < -0.39 is 33.7 Å². The average molecular weight is 429 g/mol. The summed E-state index contributed by atoms with van der Waals surface area (Å²) in [5.41, 5.74) is -1.15. The summed E-state index contributed by atoms with van der Waals surface area (Å²) < 4.78 is 10.8. The van der Waals surface area contributed by atoms with Crippen molar-refractivity contribution in [3.05, 3.63) is 36.4 Å². The van der Waals surface area contributed by atoms with Crippen molar-refractivity contribution in [3.63, 3.8) is 0 Å². The van der Waals surface area contributed by atoms with E-state index in [2.05, 4.69) is 11.6 Å². The van der Waals surface area contributed by atoms with E-state index in [0.29, 0.717) is 16.8 Å². The van der Waals surface area contributed by atoms with Gasteiger partial charge in [0.15, 0.2) is 6.10 Å². The number of aliphatic carboxylic acids is 1. The lowest BCUT2D eigenvalue weighted by molar-refractivity contribution is -0.929. The van der Waals surface area contributed by atoms with Gasteiger partial charge in [-0.1, -0.05) is 12.7 Å². The number of hydrogen-bond donors (Lipinski definition) is 2. The lowest BCUT2D eigenvalue weighted by Gasteiger charge is -2.47. The van der Waals surface area contributed by atoms with E-state index in [1.807, 2.05) is 18.2 Å². The lowest BCUT2D eigenvalue weighted by Crippen LogP contribution is -2.73. The topological polar surface area (TPSA) is 106 Å². The Bertz CT molecular complexity index is 1060. The third-order valence-corrected chi connectivity index (χ3v) is 6.39. The van der Waals surface area contributed by atoms with Crippen LogP contribution >= 0.6 is 0 Å². The first kappa shape index (κ1) is 22.6. The van der Waals surface area contributed by atoms with Crippen LogP contribution in [0.1, 0.15) is 39.7 Å². The fraction of sp³-hybridized carbons (Fsp3) is 0.435. The Morgan fingerprint density at radius 1 is 1.29 bits per heavy atom. The van der Waals surface area contributed by atoms with E-state index in [-0.39, 0.29) is 18.8 Å². The second kappa shape index (κ2) is 7.53. The fourth-order valence-electron chi connectivity index (χ4n) is 4.76. The second-order valence-electron chi connectivity index (χ2n) is 9.11. The molecule has 1 aromatic heterocycles. The van der Waals surface area contributed by atoms with Crippen LogP contribution in [0, 0.1) is 0 Å². The minimum Gasteiger partial charge on any atom is -0.497 e.